The Morgan fingerprint density at radius 2 is 1.69 bits per heavy atom. The first-order chi connectivity index (χ1) is 21.3. The van der Waals surface area contributed by atoms with Gasteiger partial charge < -0.3 is 48.3 Å². The number of aliphatic carboxylic acids is 1. The third kappa shape index (κ3) is 12.2. The van der Waals surface area contributed by atoms with Gasteiger partial charge in [0, 0.05) is 13.1 Å². The molecule has 0 unspecified atom stereocenters. The number of aliphatic hydroxyl groups excluding tert-OH is 1. The first-order valence-corrected chi connectivity index (χ1v) is 16.2. The number of carboxylic acids is 1. The Hall–Kier alpha value is -3.89. The molecule has 0 radical (unpaired) electrons. The summed E-state index contributed by atoms with van der Waals surface area (Å²) in [7, 11) is 0. The molecule has 1 fully saturated rings. The summed E-state index contributed by atoms with van der Waals surface area (Å²) in [5.74, 6) is -3.48. The normalized spacial score (nSPS) is 17.7. The van der Waals surface area contributed by atoms with Crippen molar-refractivity contribution in [3.8, 4) is 0 Å². The molecule has 1 aliphatic heterocycles. The number of carboxylic acid groups (broad SMARTS) is 1. The molecule has 1 heterocycles. The lowest BCUT2D eigenvalue weighted by Crippen LogP contribution is -2.59. The molecule has 6 atom stereocenters. The van der Waals surface area contributed by atoms with Crippen molar-refractivity contribution in [2.24, 2.45) is 22.2 Å². The van der Waals surface area contributed by atoms with Gasteiger partial charge in [-0.1, -0.05) is 30.3 Å². The Kier molecular flexibility index (Phi) is 15.6. The summed E-state index contributed by atoms with van der Waals surface area (Å²) in [5.41, 5.74) is 17.8. The molecule has 15 nitrogen and oxygen atoms in total. The fourth-order valence-electron chi connectivity index (χ4n) is 4.93. The zero-order chi connectivity index (χ0) is 33.5. The maximum absolute atomic E-state index is 13.5. The summed E-state index contributed by atoms with van der Waals surface area (Å²) < 4.78 is 0. The first-order valence-electron chi connectivity index (χ1n) is 14.8. The van der Waals surface area contributed by atoms with E-state index in [1.807, 2.05) is 36.6 Å². The number of rotatable bonds is 18. The van der Waals surface area contributed by atoms with E-state index in [0.29, 0.717) is 31.6 Å². The van der Waals surface area contributed by atoms with Gasteiger partial charge in [-0.3, -0.25) is 24.2 Å². The van der Waals surface area contributed by atoms with Crippen LogP contribution < -0.4 is 33.2 Å². The smallest absolute Gasteiger partial charge is 0.328 e. The number of hydrogen-bond acceptors (Lipinski definition) is 9. The minimum atomic E-state index is -1.61. The second-order valence-corrected chi connectivity index (χ2v) is 11.9. The first kappa shape index (κ1) is 37.3. The number of guanidine groups is 1. The number of hydrogen-bond donors (Lipinski definition) is 8. The quantitative estimate of drug-likeness (QED) is 0.0503. The molecule has 1 aliphatic rings. The molecule has 4 amide bonds. The van der Waals surface area contributed by atoms with Gasteiger partial charge in [0.25, 0.3) is 0 Å². The molecule has 1 saturated heterocycles. The van der Waals surface area contributed by atoms with E-state index < -0.39 is 60.0 Å². The van der Waals surface area contributed by atoms with E-state index in [2.05, 4.69) is 20.9 Å². The van der Waals surface area contributed by atoms with Gasteiger partial charge in [-0.25, -0.2) is 4.79 Å². The van der Waals surface area contributed by atoms with Gasteiger partial charge in [0.05, 0.1) is 12.1 Å². The lowest BCUT2D eigenvalue weighted by molar-refractivity contribution is -0.145. The Morgan fingerprint density at radius 1 is 1.04 bits per heavy atom. The largest absolute Gasteiger partial charge is 0.480 e. The summed E-state index contributed by atoms with van der Waals surface area (Å²) in [6, 6.07) is 3.78. The molecule has 0 spiro atoms. The maximum Gasteiger partial charge on any atom is 0.328 e. The Bertz CT molecular complexity index is 1180. The number of nitrogens with zero attached hydrogens (tertiary/aromatic N) is 2. The van der Waals surface area contributed by atoms with Crippen LogP contribution in [0.15, 0.2) is 35.3 Å². The Morgan fingerprint density at radius 3 is 2.29 bits per heavy atom. The van der Waals surface area contributed by atoms with Crippen molar-refractivity contribution in [1.29, 1.82) is 0 Å². The molecular formula is C29H46N8O7S. The minimum Gasteiger partial charge on any atom is -0.480 e. The van der Waals surface area contributed by atoms with Crippen LogP contribution in [0.1, 0.15) is 44.6 Å². The monoisotopic (exact) mass is 650 g/mol. The zero-order valence-corrected chi connectivity index (χ0v) is 26.5. The van der Waals surface area contributed by atoms with Crippen LogP contribution in [0.2, 0.25) is 0 Å². The van der Waals surface area contributed by atoms with Crippen molar-refractivity contribution in [2.45, 2.75) is 81.8 Å². The van der Waals surface area contributed by atoms with Crippen molar-refractivity contribution >= 4 is 47.3 Å². The van der Waals surface area contributed by atoms with E-state index in [1.165, 1.54) is 23.6 Å². The minimum absolute atomic E-state index is 0.0356. The second-order valence-electron chi connectivity index (χ2n) is 10.9. The average Bonchev–Trinajstić information content (AvgIpc) is 3.49. The van der Waals surface area contributed by atoms with Crippen LogP contribution >= 0.6 is 11.8 Å². The van der Waals surface area contributed by atoms with E-state index in [-0.39, 0.29) is 37.7 Å². The molecule has 0 bridgehead atoms. The predicted octanol–water partition coefficient (Wildman–Crippen LogP) is -1.73. The highest BCUT2D eigenvalue weighted by Gasteiger charge is 2.38. The number of carbonyl (C=O) groups excluding carboxylic acids is 4. The molecule has 1 aromatic rings. The number of amides is 4. The molecule has 0 saturated carbocycles. The summed E-state index contributed by atoms with van der Waals surface area (Å²) >= 11 is 1.45. The third-order valence-corrected chi connectivity index (χ3v) is 7.97. The van der Waals surface area contributed by atoms with Gasteiger partial charge in [0.2, 0.25) is 23.6 Å². The summed E-state index contributed by atoms with van der Waals surface area (Å²) in [6.45, 7) is 1.71. The van der Waals surface area contributed by atoms with E-state index in [0.717, 1.165) is 5.56 Å². The third-order valence-electron chi connectivity index (χ3n) is 7.32. The number of likely N-dealkylation sites (tertiary alicyclic amines) is 1. The summed E-state index contributed by atoms with van der Waals surface area (Å²) in [5, 5.41) is 26.8. The van der Waals surface area contributed by atoms with Crippen molar-refractivity contribution in [2.75, 3.05) is 25.1 Å². The standard InChI is InChI=1S/C29H46N8O7S/c1-17(38)23(28(43)44)36-25(40)20(10-6-13-33-29(31)32)34-24(39)21(12-15-45-2)35-26(41)22-11-7-14-37(22)27(42)19(30)16-18-8-4-3-5-9-18/h3-5,8-9,17,19-23,38H,6-7,10-16,30H2,1-2H3,(H,34,39)(H,35,41)(H,36,40)(H,43,44)(H4,31,32,33)/t17-,19+,20+,21+,22+,23+/m1/s1. The maximum atomic E-state index is 13.5. The van der Waals surface area contributed by atoms with E-state index in [1.54, 1.807) is 0 Å². The van der Waals surface area contributed by atoms with Crippen LogP contribution in [0.5, 0.6) is 0 Å². The van der Waals surface area contributed by atoms with E-state index in [4.69, 9.17) is 17.2 Å². The zero-order valence-electron chi connectivity index (χ0n) is 25.7. The van der Waals surface area contributed by atoms with Gasteiger partial charge >= 0.3 is 5.97 Å². The van der Waals surface area contributed by atoms with Crippen LogP contribution in [0.25, 0.3) is 0 Å². The van der Waals surface area contributed by atoms with Crippen molar-refractivity contribution in [1.82, 2.24) is 20.9 Å². The lowest BCUT2D eigenvalue weighted by atomic mass is 10.0. The molecular weight excluding hydrogens is 604 g/mol. The number of nitrogens with two attached hydrogens (primary N) is 3. The SMILES string of the molecule is CSCC[C@H](NC(=O)[C@@H]1CCCN1C(=O)[C@@H](N)Cc1ccccc1)C(=O)N[C@@H](CCCN=C(N)N)C(=O)N[C@H](C(=O)O)[C@@H](C)O. The summed E-state index contributed by atoms with van der Waals surface area (Å²) in [6.07, 6.45) is 2.25. The number of nitrogens with one attached hydrogen (secondary N) is 3. The Balaban J connectivity index is 2.16. The van der Waals surface area contributed by atoms with E-state index in [9.17, 15) is 34.2 Å². The van der Waals surface area contributed by atoms with Crippen molar-refractivity contribution < 1.29 is 34.2 Å². The van der Waals surface area contributed by atoms with Crippen LogP contribution in [0.4, 0.5) is 0 Å². The highest BCUT2D eigenvalue weighted by atomic mass is 32.2. The predicted molar refractivity (Wildman–Crippen MR) is 171 cm³/mol. The number of aliphatic hydroxyl groups is 1. The number of aliphatic imine (C=N–C) groups is 1. The number of thioether (sulfide) groups is 1. The van der Waals surface area contributed by atoms with Crippen LogP contribution in [-0.4, -0.2) is 112 Å². The molecule has 11 N–H and O–H groups in total. The topological polar surface area (TPSA) is 256 Å². The van der Waals surface area contributed by atoms with Gasteiger partial charge in [-0.2, -0.15) is 11.8 Å². The second kappa shape index (κ2) is 18.8. The molecule has 16 heteroatoms. The average molecular weight is 651 g/mol. The Labute approximate surface area is 267 Å². The highest BCUT2D eigenvalue weighted by Crippen LogP contribution is 2.20. The molecule has 250 valence electrons. The van der Waals surface area contributed by atoms with E-state index >= 15 is 0 Å². The molecule has 45 heavy (non-hydrogen) atoms. The van der Waals surface area contributed by atoms with Crippen molar-refractivity contribution in [3.05, 3.63) is 35.9 Å². The summed E-state index contributed by atoms with van der Waals surface area (Å²) in [4.78, 5) is 70.1. The van der Waals surface area contributed by atoms with Crippen LogP contribution in [-0.2, 0) is 30.4 Å². The fraction of sp³-hybridized carbons (Fsp3) is 0.586. The molecule has 1 aromatic carbocycles. The van der Waals surface area contributed by atoms with Gasteiger partial charge in [-0.15, -0.1) is 0 Å². The van der Waals surface area contributed by atoms with Crippen molar-refractivity contribution in [3.63, 3.8) is 0 Å². The van der Waals surface area contributed by atoms with Crippen LogP contribution in [0, 0.1) is 0 Å². The molecule has 0 aromatic heterocycles. The number of benzene rings is 1. The van der Waals surface area contributed by atoms with Gasteiger partial charge in [0.1, 0.15) is 18.1 Å². The number of carbonyl (C=O) groups is 5. The fourth-order valence-corrected chi connectivity index (χ4v) is 5.40. The molecule has 2 rings (SSSR count). The van der Waals surface area contributed by atoms with Gasteiger partial charge in [0.15, 0.2) is 12.0 Å². The highest BCUT2D eigenvalue weighted by molar-refractivity contribution is 7.98. The van der Waals surface area contributed by atoms with Crippen LogP contribution in [0.3, 0.4) is 0 Å². The molecule has 0 aliphatic carbocycles. The van der Waals surface area contributed by atoms with Gasteiger partial charge in [-0.05, 0) is 63.0 Å². The lowest BCUT2D eigenvalue weighted by Gasteiger charge is -2.29.